The number of aromatic nitrogens is 1. The van der Waals surface area contributed by atoms with Gasteiger partial charge in [0.25, 0.3) is 9.84 Å². The van der Waals surface area contributed by atoms with Crippen LogP contribution >= 0.6 is 46.0 Å². The molecule has 0 radical (unpaired) electrons. The fourth-order valence-corrected chi connectivity index (χ4v) is 7.64. The average Bonchev–Trinajstić information content (AvgIpc) is 3.42. The van der Waals surface area contributed by atoms with Crippen molar-refractivity contribution in [2.24, 2.45) is 0 Å². The largest absolute Gasteiger partial charge is 0.748 e. The van der Waals surface area contributed by atoms with Gasteiger partial charge >= 0.3 is 0 Å². The number of thiophene rings is 1. The molecule has 3 heterocycles. The normalized spacial score (nSPS) is 15.4. The molecule has 0 saturated carbocycles. The van der Waals surface area contributed by atoms with Crippen LogP contribution in [0.25, 0.3) is 15.6 Å². The lowest BCUT2D eigenvalue weighted by molar-refractivity contribution is -0.661. The van der Waals surface area contributed by atoms with Crippen LogP contribution in [0.2, 0.25) is 5.02 Å². The summed E-state index contributed by atoms with van der Waals surface area (Å²) >= 11 is 10.8. The highest BCUT2D eigenvalue weighted by Crippen LogP contribution is 2.47. The van der Waals surface area contributed by atoms with E-state index < -0.39 is 21.8 Å². The highest BCUT2D eigenvalue weighted by Gasteiger charge is 2.26. The number of thioether (sulfide) groups is 1. The Morgan fingerprint density at radius 1 is 1.29 bits per heavy atom. The van der Waals surface area contributed by atoms with Crippen LogP contribution in [0.15, 0.2) is 51.2 Å². The molecule has 0 bridgehead atoms. The van der Waals surface area contributed by atoms with Crippen LogP contribution in [0.3, 0.4) is 0 Å². The lowest BCUT2D eigenvalue weighted by Gasteiger charge is -2.21. The topological polar surface area (TPSA) is 104 Å². The van der Waals surface area contributed by atoms with Crippen molar-refractivity contribution in [1.29, 1.82) is 0 Å². The average molecular weight is 556 g/mol. The number of anilines is 1. The Bertz CT molecular complexity index is 1410. The van der Waals surface area contributed by atoms with E-state index >= 15 is 0 Å². The Labute approximate surface area is 214 Å². The first kappa shape index (κ1) is 25.2. The van der Waals surface area contributed by atoms with Crippen LogP contribution < -0.4 is 14.6 Å². The molecule has 12 heteroatoms. The van der Waals surface area contributed by atoms with E-state index in [1.54, 1.807) is 22.4 Å². The molecule has 34 heavy (non-hydrogen) atoms. The zero-order chi connectivity index (χ0) is 24.5. The van der Waals surface area contributed by atoms with Crippen molar-refractivity contribution in [2.75, 3.05) is 17.2 Å². The maximum atomic E-state index is 11.3. The first-order chi connectivity index (χ1) is 16.1. The number of carbonyl (C=O) groups excluding carboxylic acids is 1. The number of thiazole rings is 1. The summed E-state index contributed by atoms with van der Waals surface area (Å²) in [6.45, 7) is 2.14. The summed E-state index contributed by atoms with van der Waals surface area (Å²) in [5.74, 6) is -1.59. The van der Waals surface area contributed by atoms with E-state index in [9.17, 15) is 22.9 Å². The summed E-state index contributed by atoms with van der Waals surface area (Å²) < 4.78 is 36.1. The second-order valence-electron chi connectivity index (χ2n) is 7.52. The minimum Gasteiger partial charge on any atom is -0.748 e. The molecule has 0 saturated heterocycles. The number of fused-ring (bicyclic) bond motifs is 2. The van der Waals surface area contributed by atoms with Crippen LogP contribution in [-0.4, -0.2) is 31.2 Å². The minimum atomic E-state index is -4.30. The quantitative estimate of drug-likeness (QED) is 0.292. The van der Waals surface area contributed by atoms with Gasteiger partial charge in [-0.25, -0.2) is 8.42 Å². The number of carboxylic acids is 1. The molecule has 0 atom stereocenters. The van der Waals surface area contributed by atoms with Gasteiger partial charge in [0, 0.05) is 28.3 Å². The maximum Gasteiger partial charge on any atom is 0.280 e. The summed E-state index contributed by atoms with van der Waals surface area (Å²) in [7, 11) is -4.30. The monoisotopic (exact) mass is 555 g/mol. The van der Waals surface area contributed by atoms with Crippen LogP contribution in [0.5, 0.6) is 0 Å². The third kappa shape index (κ3) is 5.84. The van der Waals surface area contributed by atoms with Gasteiger partial charge in [0.1, 0.15) is 10.7 Å². The Hall–Kier alpha value is -1.89. The molecule has 0 aliphatic carbocycles. The number of rotatable bonds is 9. The molecular formula is C22H20ClN2O5S4-. The zero-order valence-electron chi connectivity index (χ0n) is 18.0. The second kappa shape index (κ2) is 10.4. The van der Waals surface area contributed by atoms with E-state index in [0.717, 1.165) is 35.7 Å². The van der Waals surface area contributed by atoms with Gasteiger partial charge in [-0.15, -0.1) is 0 Å². The number of allylic oxidation sites excluding steroid dienone is 2. The summed E-state index contributed by atoms with van der Waals surface area (Å²) in [5.41, 5.74) is 1.84. The predicted molar refractivity (Wildman–Crippen MR) is 135 cm³/mol. The summed E-state index contributed by atoms with van der Waals surface area (Å²) in [5, 5.41) is 15.5. The minimum absolute atomic E-state index is 0.188. The number of aliphatic carboxylic acids is 1. The highest BCUT2D eigenvalue weighted by molar-refractivity contribution is 8.03. The Morgan fingerprint density at radius 2 is 2.09 bits per heavy atom. The fourth-order valence-electron chi connectivity index (χ4n) is 3.59. The van der Waals surface area contributed by atoms with Gasteiger partial charge in [-0.3, -0.25) is 0 Å². The molecule has 0 spiro atoms. The molecule has 1 aliphatic heterocycles. The number of carbonyl (C=O) groups is 1. The number of carboxylic acid groups (broad SMARTS) is 1. The van der Waals surface area contributed by atoms with Crippen molar-refractivity contribution < 1.29 is 27.4 Å². The first-order valence-corrected chi connectivity index (χ1v) is 14.8. The van der Waals surface area contributed by atoms with E-state index in [0.29, 0.717) is 18.0 Å². The Kier molecular flexibility index (Phi) is 7.70. The standard InChI is InChI=1S/C22H21ClN2O5S4/c1-2-14(11-20-25(13-21(26)27)22-18(33-20)6-8-31-22)10-19-24(7-3-9-34(28,29)30)16-12-15(23)4-5-17(16)32-19/h4-6,8,10-12H,2-3,7,9,13H2,1H3,(H-,26,27,28,29,30)/p-1. The molecule has 1 aliphatic rings. The first-order valence-electron chi connectivity index (χ1n) is 10.3. The molecule has 0 fully saturated rings. The number of benzene rings is 1. The number of nitrogens with zero attached hydrogens (tertiary/aromatic N) is 2. The van der Waals surface area contributed by atoms with Gasteiger partial charge in [-0.05, 0) is 54.1 Å². The van der Waals surface area contributed by atoms with Crippen molar-refractivity contribution in [2.45, 2.75) is 31.2 Å². The molecule has 0 unspecified atom stereocenters. The molecule has 7 nitrogen and oxygen atoms in total. The highest BCUT2D eigenvalue weighted by atomic mass is 35.5. The zero-order valence-corrected chi connectivity index (χ0v) is 22.0. The van der Waals surface area contributed by atoms with E-state index in [2.05, 4.69) is 0 Å². The predicted octanol–water partition coefficient (Wildman–Crippen LogP) is 3.84. The molecule has 0 amide bonds. The molecule has 1 aromatic carbocycles. The van der Waals surface area contributed by atoms with E-state index in [1.165, 1.54) is 22.7 Å². The Balaban J connectivity index is 1.70. The summed E-state index contributed by atoms with van der Waals surface area (Å²) in [6, 6.07) is 7.51. The molecular weight excluding hydrogens is 536 g/mol. The van der Waals surface area contributed by atoms with E-state index in [1.807, 2.05) is 47.6 Å². The number of halogens is 1. The van der Waals surface area contributed by atoms with Gasteiger partial charge in [-0.1, -0.05) is 53.0 Å². The van der Waals surface area contributed by atoms with Gasteiger partial charge in [-0.2, -0.15) is 4.57 Å². The number of hydrogen-bond donors (Lipinski definition) is 0. The SMILES string of the molecule is CCC(=Cc1sc2ccsc2[n+]1CC(=O)[O-])C=C1Sc2ccc(Cl)cc2N1CCCS(=O)(=O)[O-]. The van der Waals surface area contributed by atoms with E-state index in [-0.39, 0.29) is 13.0 Å². The fraction of sp³-hybridized carbons (Fsp3) is 0.273. The van der Waals surface area contributed by atoms with Gasteiger partial charge in [0.2, 0.25) is 0 Å². The summed E-state index contributed by atoms with van der Waals surface area (Å²) in [6.07, 6.45) is 4.88. The van der Waals surface area contributed by atoms with Crippen LogP contribution in [0.4, 0.5) is 5.69 Å². The van der Waals surface area contributed by atoms with Crippen LogP contribution in [0.1, 0.15) is 24.8 Å². The van der Waals surface area contributed by atoms with Crippen molar-refractivity contribution in [3.8, 4) is 0 Å². The molecule has 4 rings (SSSR count). The van der Waals surface area contributed by atoms with Crippen LogP contribution in [0, 0.1) is 0 Å². The van der Waals surface area contributed by atoms with Crippen molar-refractivity contribution >= 4 is 83.4 Å². The van der Waals surface area contributed by atoms with Crippen LogP contribution in [-0.2, 0) is 21.5 Å². The number of hydrogen-bond acceptors (Lipinski definition) is 9. The smallest absolute Gasteiger partial charge is 0.280 e. The van der Waals surface area contributed by atoms with E-state index in [4.69, 9.17) is 11.6 Å². The van der Waals surface area contributed by atoms with Gasteiger partial charge in [0.15, 0.2) is 6.54 Å². The third-order valence-electron chi connectivity index (χ3n) is 5.12. The molecule has 3 aromatic rings. The molecule has 0 N–H and O–H groups in total. The lowest BCUT2D eigenvalue weighted by atomic mass is 10.2. The second-order valence-corrected chi connectivity index (χ2v) is 12.5. The maximum absolute atomic E-state index is 11.3. The van der Waals surface area contributed by atoms with Crippen molar-refractivity contribution in [1.82, 2.24) is 0 Å². The van der Waals surface area contributed by atoms with Gasteiger partial charge in [0.05, 0.1) is 20.8 Å². The van der Waals surface area contributed by atoms with Gasteiger partial charge < -0.3 is 19.4 Å². The summed E-state index contributed by atoms with van der Waals surface area (Å²) in [4.78, 5) is 15.2. The van der Waals surface area contributed by atoms with Crippen molar-refractivity contribution in [3.63, 3.8) is 0 Å². The molecule has 180 valence electrons. The lowest BCUT2D eigenvalue weighted by Crippen LogP contribution is -2.44. The molecule has 2 aromatic heterocycles. The Morgan fingerprint density at radius 3 is 2.79 bits per heavy atom. The van der Waals surface area contributed by atoms with Crippen molar-refractivity contribution in [3.05, 3.63) is 56.4 Å². The third-order valence-corrected chi connectivity index (χ3v) is 9.42.